The van der Waals surface area contributed by atoms with E-state index in [1.807, 2.05) is 19.1 Å². The largest absolute Gasteiger partial charge is 0.455 e. The number of halogens is 3. The number of para-hydroxylation sites is 1. The van der Waals surface area contributed by atoms with Gasteiger partial charge in [0, 0.05) is 25.0 Å². The number of carbonyl (C=O) groups excluding carboxylic acids is 2. The Balaban J connectivity index is 1.59. The molecule has 0 aliphatic carbocycles. The number of hydrogen-bond acceptors (Lipinski definition) is 5. The number of aryl methyl sites for hydroxylation is 1. The fourth-order valence-corrected chi connectivity index (χ4v) is 3.62. The van der Waals surface area contributed by atoms with Crippen molar-refractivity contribution in [2.24, 2.45) is 5.92 Å². The lowest BCUT2D eigenvalue weighted by atomic mass is 9.98. The molecule has 0 saturated carbocycles. The van der Waals surface area contributed by atoms with Crippen LogP contribution in [-0.4, -0.2) is 36.6 Å². The van der Waals surface area contributed by atoms with Gasteiger partial charge in [-0.25, -0.2) is 4.98 Å². The van der Waals surface area contributed by atoms with Crippen molar-refractivity contribution in [3.05, 3.63) is 53.7 Å². The van der Waals surface area contributed by atoms with Gasteiger partial charge in [-0.2, -0.15) is 13.2 Å². The molecule has 1 aromatic carbocycles. The summed E-state index contributed by atoms with van der Waals surface area (Å²) in [6.07, 6.45) is -1.51. The first kappa shape index (κ1) is 22.6. The molecule has 1 N–H and O–H groups in total. The van der Waals surface area contributed by atoms with E-state index >= 15 is 0 Å². The van der Waals surface area contributed by atoms with Crippen molar-refractivity contribution in [1.82, 2.24) is 4.98 Å². The summed E-state index contributed by atoms with van der Waals surface area (Å²) >= 11 is 0. The highest BCUT2D eigenvalue weighted by atomic mass is 19.4. The van der Waals surface area contributed by atoms with Gasteiger partial charge in [0.05, 0.1) is 11.5 Å². The number of rotatable bonds is 6. The molecule has 31 heavy (non-hydrogen) atoms. The van der Waals surface area contributed by atoms with Crippen molar-refractivity contribution in [1.29, 1.82) is 0 Å². The van der Waals surface area contributed by atoms with E-state index in [-0.39, 0.29) is 12.4 Å². The quantitative estimate of drug-likeness (QED) is 0.693. The first-order chi connectivity index (χ1) is 14.8. The first-order valence-electron chi connectivity index (χ1n) is 10.1. The lowest BCUT2D eigenvalue weighted by molar-refractivity contribution is -0.151. The zero-order chi connectivity index (χ0) is 22.4. The summed E-state index contributed by atoms with van der Waals surface area (Å²) in [6.45, 7) is 1.92. The number of nitrogens with one attached hydrogen (secondary N) is 1. The number of aromatic nitrogens is 1. The van der Waals surface area contributed by atoms with Crippen LogP contribution in [0, 0.1) is 5.92 Å². The van der Waals surface area contributed by atoms with Crippen molar-refractivity contribution in [2.75, 3.05) is 29.9 Å². The summed E-state index contributed by atoms with van der Waals surface area (Å²) in [7, 11) is 0. The number of pyridine rings is 1. The van der Waals surface area contributed by atoms with E-state index in [1.165, 1.54) is 17.2 Å². The fourth-order valence-electron chi connectivity index (χ4n) is 3.62. The number of hydrogen-bond donors (Lipinski definition) is 1. The van der Waals surface area contributed by atoms with Gasteiger partial charge in [0.15, 0.2) is 6.61 Å². The van der Waals surface area contributed by atoms with Gasteiger partial charge in [-0.05, 0) is 43.0 Å². The van der Waals surface area contributed by atoms with Gasteiger partial charge >= 0.3 is 12.1 Å². The zero-order valence-electron chi connectivity index (χ0n) is 17.1. The van der Waals surface area contributed by atoms with E-state index in [2.05, 4.69) is 10.3 Å². The van der Waals surface area contributed by atoms with Crippen molar-refractivity contribution < 1.29 is 27.5 Å². The molecule has 0 bridgehead atoms. The summed E-state index contributed by atoms with van der Waals surface area (Å²) in [5, 5.41) is 2.72. The number of ether oxygens (including phenoxy) is 1. The van der Waals surface area contributed by atoms with Crippen molar-refractivity contribution in [3.8, 4) is 0 Å². The minimum Gasteiger partial charge on any atom is -0.455 e. The number of amides is 1. The van der Waals surface area contributed by atoms with Crippen LogP contribution in [0.3, 0.4) is 0 Å². The monoisotopic (exact) mass is 435 g/mol. The lowest BCUT2D eigenvalue weighted by Gasteiger charge is -2.33. The molecule has 1 aromatic heterocycles. The highest BCUT2D eigenvalue weighted by Crippen LogP contribution is 2.36. The lowest BCUT2D eigenvalue weighted by Crippen LogP contribution is -2.41. The van der Waals surface area contributed by atoms with E-state index in [4.69, 9.17) is 4.74 Å². The second-order valence-electron chi connectivity index (χ2n) is 7.32. The summed E-state index contributed by atoms with van der Waals surface area (Å²) in [5.74, 6) is -1.90. The summed E-state index contributed by atoms with van der Waals surface area (Å²) in [5.41, 5.74) is 0.781. The Bertz CT molecular complexity index is 933. The van der Waals surface area contributed by atoms with Crippen LogP contribution in [0.2, 0.25) is 0 Å². The number of piperidine rings is 1. The van der Waals surface area contributed by atoms with Crippen LogP contribution in [0.1, 0.15) is 30.9 Å². The maximum atomic E-state index is 13.3. The van der Waals surface area contributed by atoms with Gasteiger partial charge in [-0.3, -0.25) is 9.59 Å². The van der Waals surface area contributed by atoms with Crippen LogP contribution < -0.4 is 10.2 Å². The third kappa shape index (κ3) is 5.74. The molecule has 9 heteroatoms. The molecular weight excluding hydrogens is 411 g/mol. The van der Waals surface area contributed by atoms with Crippen molar-refractivity contribution in [2.45, 2.75) is 32.4 Å². The van der Waals surface area contributed by atoms with Crippen LogP contribution >= 0.6 is 0 Å². The molecule has 1 aliphatic rings. The van der Waals surface area contributed by atoms with Gasteiger partial charge in [0.2, 0.25) is 0 Å². The summed E-state index contributed by atoms with van der Waals surface area (Å²) in [6, 6.07) is 9.53. The number of alkyl halides is 3. The maximum Gasteiger partial charge on any atom is 0.419 e. The predicted octanol–water partition coefficient (Wildman–Crippen LogP) is 4.06. The molecule has 1 amide bonds. The van der Waals surface area contributed by atoms with Crippen LogP contribution in [-0.2, 0) is 26.9 Å². The molecule has 3 rings (SSSR count). The fraction of sp³-hybridized carbons (Fsp3) is 0.409. The minimum atomic E-state index is -4.54. The Morgan fingerprint density at radius 3 is 2.74 bits per heavy atom. The Morgan fingerprint density at radius 1 is 1.23 bits per heavy atom. The Labute approximate surface area is 178 Å². The van der Waals surface area contributed by atoms with Crippen molar-refractivity contribution >= 4 is 23.4 Å². The van der Waals surface area contributed by atoms with Gasteiger partial charge in [0.1, 0.15) is 5.82 Å². The average molecular weight is 435 g/mol. The van der Waals surface area contributed by atoms with E-state index in [9.17, 15) is 22.8 Å². The molecule has 6 nitrogen and oxygen atoms in total. The van der Waals surface area contributed by atoms with Crippen LogP contribution in [0.15, 0.2) is 42.6 Å². The Kier molecular flexibility index (Phi) is 7.14. The number of esters is 1. The van der Waals surface area contributed by atoms with E-state index in [1.54, 1.807) is 12.1 Å². The first-order valence-corrected chi connectivity index (χ1v) is 10.1. The smallest absolute Gasteiger partial charge is 0.419 e. The molecule has 2 heterocycles. The van der Waals surface area contributed by atoms with E-state index in [0.29, 0.717) is 25.1 Å². The average Bonchev–Trinajstić information content (AvgIpc) is 2.77. The third-order valence-electron chi connectivity index (χ3n) is 5.16. The predicted molar refractivity (Wildman–Crippen MR) is 110 cm³/mol. The normalized spacial score (nSPS) is 16.6. The number of nitrogens with zero attached hydrogens (tertiary/aromatic N) is 2. The van der Waals surface area contributed by atoms with Gasteiger partial charge < -0.3 is 15.0 Å². The molecule has 1 aliphatic heterocycles. The van der Waals surface area contributed by atoms with Crippen LogP contribution in [0.25, 0.3) is 0 Å². The van der Waals surface area contributed by atoms with Gasteiger partial charge in [0.25, 0.3) is 5.91 Å². The topological polar surface area (TPSA) is 71.5 Å². The van der Waals surface area contributed by atoms with Crippen LogP contribution in [0.4, 0.5) is 24.7 Å². The van der Waals surface area contributed by atoms with E-state index < -0.39 is 36.1 Å². The molecule has 0 spiro atoms. The SMILES string of the molecule is CCc1ccccc1NC(=O)COC(=O)C1CCCN(c2ncccc2C(F)(F)F)C1. The third-order valence-corrected chi connectivity index (χ3v) is 5.16. The molecule has 1 atom stereocenters. The number of anilines is 2. The second-order valence-corrected chi connectivity index (χ2v) is 7.32. The Morgan fingerprint density at radius 2 is 2.00 bits per heavy atom. The highest BCUT2D eigenvalue weighted by Gasteiger charge is 2.37. The summed E-state index contributed by atoms with van der Waals surface area (Å²) in [4.78, 5) is 30.0. The van der Waals surface area contributed by atoms with Crippen LogP contribution in [0.5, 0.6) is 0 Å². The molecule has 1 unspecified atom stereocenters. The highest BCUT2D eigenvalue weighted by molar-refractivity contribution is 5.93. The minimum absolute atomic E-state index is 0.0548. The Hall–Kier alpha value is -3.10. The maximum absolute atomic E-state index is 13.3. The van der Waals surface area contributed by atoms with Gasteiger partial charge in [-0.15, -0.1) is 0 Å². The molecule has 166 valence electrons. The van der Waals surface area contributed by atoms with Gasteiger partial charge in [-0.1, -0.05) is 25.1 Å². The molecular formula is C22H24F3N3O3. The molecule has 1 fully saturated rings. The molecule has 2 aromatic rings. The second kappa shape index (κ2) is 9.80. The number of benzene rings is 1. The van der Waals surface area contributed by atoms with Crippen molar-refractivity contribution in [3.63, 3.8) is 0 Å². The summed E-state index contributed by atoms with van der Waals surface area (Å²) < 4.78 is 45.0. The number of carbonyl (C=O) groups is 2. The molecule has 1 saturated heterocycles. The zero-order valence-corrected chi connectivity index (χ0v) is 17.1. The van der Waals surface area contributed by atoms with E-state index in [0.717, 1.165) is 18.1 Å². The standard InChI is InChI=1S/C22H24F3N3O3/c1-2-15-7-3-4-10-18(15)27-19(29)14-31-21(30)16-8-6-12-28(13-16)20-17(22(23,24)25)9-5-11-26-20/h3-5,7,9-11,16H,2,6,8,12-14H2,1H3,(H,27,29). The molecule has 0 radical (unpaired) electrons.